The maximum atomic E-state index is 6.43. The van der Waals surface area contributed by atoms with E-state index in [0.29, 0.717) is 18.2 Å². The molecular weight excluding hydrogens is 502 g/mol. The molecule has 0 saturated carbocycles. The highest BCUT2D eigenvalue weighted by atomic mass is 16.5. The molecule has 1 fully saturated rings. The Bertz CT molecular complexity index is 1590. The van der Waals surface area contributed by atoms with Crippen LogP contribution in [0.15, 0.2) is 79.0 Å². The van der Waals surface area contributed by atoms with E-state index >= 15 is 0 Å². The first kappa shape index (κ1) is 26.3. The SMILES string of the molecule is CO[C@@H](C)COc1nc2c(O[C@@H](C)c3ccccc3)cccc2cc1-c1cccc2c1cnn2C1CCCCO1. The number of ether oxygens (including phenoxy) is 4. The Morgan fingerprint density at radius 1 is 0.975 bits per heavy atom. The monoisotopic (exact) mass is 537 g/mol. The average Bonchev–Trinajstić information content (AvgIpc) is 3.45. The second-order valence-corrected chi connectivity index (χ2v) is 10.3. The van der Waals surface area contributed by atoms with Gasteiger partial charge in [-0.1, -0.05) is 54.6 Å². The van der Waals surface area contributed by atoms with Crippen LogP contribution in [0.5, 0.6) is 11.6 Å². The Labute approximate surface area is 234 Å². The molecular formula is C33H35N3O4. The van der Waals surface area contributed by atoms with E-state index in [1.54, 1.807) is 7.11 Å². The number of fused-ring (bicyclic) bond motifs is 2. The molecule has 206 valence electrons. The van der Waals surface area contributed by atoms with Gasteiger partial charge in [-0.05, 0) is 62.4 Å². The van der Waals surface area contributed by atoms with Crippen molar-refractivity contribution >= 4 is 21.8 Å². The predicted molar refractivity (Wildman–Crippen MR) is 157 cm³/mol. The third-order valence-electron chi connectivity index (χ3n) is 7.56. The summed E-state index contributed by atoms with van der Waals surface area (Å²) in [6.07, 6.45) is 4.87. The van der Waals surface area contributed by atoms with Gasteiger partial charge in [0.1, 0.15) is 24.0 Å². The molecule has 0 bridgehead atoms. The molecule has 1 saturated heterocycles. The molecule has 3 atom stereocenters. The van der Waals surface area contributed by atoms with Crippen LogP contribution in [0.2, 0.25) is 0 Å². The maximum absolute atomic E-state index is 6.43. The Morgan fingerprint density at radius 2 is 1.82 bits per heavy atom. The zero-order chi connectivity index (χ0) is 27.5. The van der Waals surface area contributed by atoms with E-state index in [2.05, 4.69) is 49.4 Å². The van der Waals surface area contributed by atoms with E-state index in [9.17, 15) is 0 Å². The number of aromatic nitrogens is 3. The fraction of sp³-hybridized carbons (Fsp3) is 0.333. The van der Waals surface area contributed by atoms with Gasteiger partial charge in [-0.15, -0.1) is 0 Å². The van der Waals surface area contributed by atoms with Gasteiger partial charge in [0, 0.05) is 30.1 Å². The summed E-state index contributed by atoms with van der Waals surface area (Å²) in [7, 11) is 1.68. The molecule has 1 aliphatic rings. The van der Waals surface area contributed by atoms with E-state index < -0.39 is 0 Å². The summed E-state index contributed by atoms with van der Waals surface area (Å²) >= 11 is 0. The Morgan fingerprint density at radius 3 is 2.62 bits per heavy atom. The lowest BCUT2D eigenvalue weighted by Gasteiger charge is -2.23. The fourth-order valence-electron chi connectivity index (χ4n) is 5.25. The topological polar surface area (TPSA) is 67.6 Å². The number of benzene rings is 3. The lowest BCUT2D eigenvalue weighted by atomic mass is 10.0. The van der Waals surface area contributed by atoms with Gasteiger partial charge in [0.15, 0.2) is 6.23 Å². The van der Waals surface area contributed by atoms with Crippen molar-refractivity contribution in [1.82, 2.24) is 14.8 Å². The number of para-hydroxylation sites is 1. The standard InChI is InChI=1S/C33H35N3O4/c1-22(37-3)21-39-33-27(26-14-10-15-29-28(26)20-34-36(29)31-17-7-8-18-38-31)19-25-13-9-16-30(32(25)35-33)40-23(2)24-11-5-4-6-12-24/h4-6,9-16,19-20,22-23,31H,7-8,17-18,21H2,1-3H3/t22-,23-,31?/m0/s1. The molecule has 0 amide bonds. The summed E-state index contributed by atoms with van der Waals surface area (Å²) < 4.78 is 26.3. The van der Waals surface area contributed by atoms with Gasteiger partial charge in [-0.3, -0.25) is 0 Å². The highest BCUT2D eigenvalue weighted by Gasteiger charge is 2.22. The minimum atomic E-state index is -0.132. The highest BCUT2D eigenvalue weighted by molar-refractivity contribution is 5.99. The first-order chi connectivity index (χ1) is 19.6. The summed E-state index contributed by atoms with van der Waals surface area (Å²) in [6, 6.07) is 24.6. The number of pyridine rings is 1. The van der Waals surface area contributed by atoms with E-state index in [-0.39, 0.29) is 18.4 Å². The number of nitrogens with zero attached hydrogens (tertiary/aromatic N) is 3. The highest BCUT2D eigenvalue weighted by Crippen LogP contribution is 2.39. The van der Waals surface area contributed by atoms with Crippen LogP contribution in [0.25, 0.3) is 32.9 Å². The van der Waals surface area contributed by atoms with Gasteiger partial charge < -0.3 is 18.9 Å². The van der Waals surface area contributed by atoms with Crippen molar-refractivity contribution in [3.05, 3.63) is 84.6 Å². The lowest BCUT2D eigenvalue weighted by Crippen LogP contribution is -2.18. The minimum Gasteiger partial charge on any atom is -0.484 e. The van der Waals surface area contributed by atoms with Crippen molar-refractivity contribution in [3.63, 3.8) is 0 Å². The van der Waals surface area contributed by atoms with Crippen molar-refractivity contribution in [3.8, 4) is 22.8 Å². The molecule has 6 rings (SSSR count). The molecule has 0 spiro atoms. The molecule has 3 aromatic carbocycles. The molecule has 5 aromatic rings. The van der Waals surface area contributed by atoms with Gasteiger partial charge in [-0.2, -0.15) is 5.10 Å². The smallest absolute Gasteiger partial charge is 0.222 e. The van der Waals surface area contributed by atoms with Crippen LogP contribution in [0.1, 0.15) is 51.0 Å². The molecule has 1 unspecified atom stereocenters. The fourth-order valence-corrected chi connectivity index (χ4v) is 5.25. The summed E-state index contributed by atoms with van der Waals surface area (Å²) in [5.74, 6) is 1.25. The molecule has 0 N–H and O–H groups in total. The molecule has 40 heavy (non-hydrogen) atoms. The molecule has 7 nitrogen and oxygen atoms in total. The number of methoxy groups -OCH3 is 1. The first-order valence-electron chi connectivity index (χ1n) is 14.0. The van der Waals surface area contributed by atoms with Crippen LogP contribution < -0.4 is 9.47 Å². The van der Waals surface area contributed by atoms with Gasteiger partial charge in [0.2, 0.25) is 5.88 Å². The Kier molecular flexibility index (Phi) is 7.66. The lowest BCUT2D eigenvalue weighted by molar-refractivity contribution is -0.0366. The third kappa shape index (κ3) is 5.27. The van der Waals surface area contributed by atoms with Crippen molar-refractivity contribution in [1.29, 1.82) is 0 Å². The summed E-state index contributed by atoms with van der Waals surface area (Å²) in [6.45, 7) is 5.17. The summed E-state index contributed by atoms with van der Waals surface area (Å²) in [5.41, 5.74) is 4.81. The molecule has 2 aromatic heterocycles. The van der Waals surface area contributed by atoms with E-state index in [1.165, 1.54) is 0 Å². The quantitative estimate of drug-likeness (QED) is 0.194. The average molecular weight is 538 g/mol. The van der Waals surface area contributed by atoms with Crippen LogP contribution in [-0.2, 0) is 9.47 Å². The van der Waals surface area contributed by atoms with Crippen LogP contribution >= 0.6 is 0 Å². The number of hydrogen-bond acceptors (Lipinski definition) is 6. The van der Waals surface area contributed by atoms with Crippen LogP contribution in [-0.4, -0.2) is 41.2 Å². The third-order valence-corrected chi connectivity index (χ3v) is 7.56. The summed E-state index contributed by atoms with van der Waals surface area (Å²) in [5, 5.41) is 6.76. The number of rotatable bonds is 9. The molecule has 0 aliphatic carbocycles. The molecule has 7 heteroatoms. The predicted octanol–water partition coefficient (Wildman–Crippen LogP) is 7.50. The van der Waals surface area contributed by atoms with E-state index in [4.69, 9.17) is 29.0 Å². The number of hydrogen-bond donors (Lipinski definition) is 0. The van der Waals surface area contributed by atoms with Gasteiger partial charge in [0.25, 0.3) is 0 Å². The van der Waals surface area contributed by atoms with Gasteiger partial charge in [-0.25, -0.2) is 9.67 Å². The van der Waals surface area contributed by atoms with Crippen LogP contribution in [0.4, 0.5) is 0 Å². The van der Waals surface area contributed by atoms with Crippen molar-refractivity contribution in [2.24, 2.45) is 0 Å². The first-order valence-corrected chi connectivity index (χ1v) is 14.0. The van der Waals surface area contributed by atoms with Crippen molar-refractivity contribution < 1.29 is 18.9 Å². The van der Waals surface area contributed by atoms with Crippen LogP contribution in [0, 0.1) is 0 Å². The van der Waals surface area contributed by atoms with E-state index in [1.807, 2.05) is 48.1 Å². The van der Waals surface area contributed by atoms with Crippen LogP contribution in [0.3, 0.4) is 0 Å². The maximum Gasteiger partial charge on any atom is 0.222 e. The van der Waals surface area contributed by atoms with Gasteiger partial charge >= 0.3 is 0 Å². The Hall–Kier alpha value is -3.94. The molecule has 0 radical (unpaired) electrons. The minimum absolute atomic E-state index is 0.0409. The van der Waals surface area contributed by atoms with E-state index in [0.717, 1.165) is 64.4 Å². The zero-order valence-corrected chi connectivity index (χ0v) is 23.2. The van der Waals surface area contributed by atoms with Crippen molar-refractivity contribution in [2.75, 3.05) is 20.3 Å². The summed E-state index contributed by atoms with van der Waals surface area (Å²) in [4.78, 5) is 5.05. The second kappa shape index (κ2) is 11.7. The molecule has 1 aliphatic heterocycles. The largest absolute Gasteiger partial charge is 0.484 e. The normalized spacial score (nSPS) is 17.1. The Balaban J connectivity index is 1.44. The van der Waals surface area contributed by atoms with Gasteiger partial charge in [0.05, 0.1) is 17.8 Å². The molecule has 3 heterocycles. The van der Waals surface area contributed by atoms with Crippen molar-refractivity contribution in [2.45, 2.75) is 51.5 Å². The second-order valence-electron chi connectivity index (χ2n) is 10.3. The zero-order valence-electron chi connectivity index (χ0n) is 23.2.